The molecule has 82 valence electrons. The van der Waals surface area contributed by atoms with Crippen LogP contribution in [-0.4, -0.2) is 19.1 Å². The second-order valence-electron chi connectivity index (χ2n) is 3.14. The minimum Gasteiger partial charge on any atom is -0.468 e. The third kappa shape index (κ3) is 3.45. The maximum Gasteiger partial charge on any atom is 0.322 e. The number of ether oxygens (including phenoxy) is 1. The highest BCUT2D eigenvalue weighted by Crippen LogP contribution is 2.11. The Labute approximate surface area is 94.3 Å². The highest BCUT2D eigenvalue weighted by Gasteiger charge is 2.13. The van der Waals surface area contributed by atoms with Gasteiger partial charge in [0.25, 0.3) is 0 Å². The van der Waals surface area contributed by atoms with E-state index in [2.05, 4.69) is 22.3 Å². The third-order valence-electron chi connectivity index (χ3n) is 2.04. The molecule has 0 unspecified atom stereocenters. The predicted octanol–water partition coefficient (Wildman–Crippen LogP) is 0.986. The van der Waals surface area contributed by atoms with Gasteiger partial charge in [-0.05, 0) is 24.1 Å². The van der Waals surface area contributed by atoms with Gasteiger partial charge in [0.15, 0.2) is 0 Å². The number of nitrogens with two attached hydrogens (primary N) is 1. The molecule has 0 fully saturated rings. The number of rotatable bonds is 4. The van der Waals surface area contributed by atoms with Crippen molar-refractivity contribution in [3.05, 3.63) is 29.8 Å². The predicted molar refractivity (Wildman–Crippen MR) is 62.7 cm³/mol. The highest BCUT2D eigenvalue weighted by molar-refractivity contribution is 7.81. The van der Waals surface area contributed by atoms with Crippen LogP contribution in [0, 0.1) is 0 Å². The first-order valence-corrected chi connectivity index (χ1v) is 4.94. The molecule has 0 heterocycles. The zero-order chi connectivity index (χ0) is 11.3. The fourth-order valence-electron chi connectivity index (χ4n) is 1.20. The van der Waals surface area contributed by atoms with Gasteiger partial charge < -0.3 is 15.2 Å². The molecule has 3 N–H and O–H groups in total. The van der Waals surface area contributed by atoms with Gasteiger partial charge in [0, 0.05) is 5.69 Å². The molecular weight excluding hydrogens is 212 g/mol. The summed E-state index contributed by atoms with van der Waals surface area (Å²) in [6.45, 7) is 0. The number of hydrogen-bond donors (Lipinski definition) is 3. The summed E-state index contributed by atoms with van der Waals surface area (Å²) in [6.07, 6.45) is 0.472. The number of carbonyl (C=O) groups excluding carboxylic acids is 1. The van der Waals surface area contributed by atoms with E-state index in [9.17, 15) is 4.79 Å². The summed E-state index contributed by atoms with van der Waals surface area (Å²) in [6, 6.07) is 6.91. The molecule has 0 saturated carbocycles. The van der Waals surface area contributed by atoms with E-state index in [4.69, 9.17) is 5.73 Å². The van der Waals surface area contributed by atoms with Gasteiger partial charge in [-0.2, -0.15) is 0 Å². The maximum atomic E-state index is 11.1. The quantitative estimate of drug-likeness (QED) is 0.529. The lowest BCUT2D eigenvalue weighted by Crippen LogP contribution is -2.33. The Balaban J connectivity index is 2.60. The fourth-order valence-corrected chi connectivity index (χ4v) is 1.35. The van der Waals surface area contributed by atoms with Gasteiger partial charge in [-0.15, -0.1) is 0 Å². The van der Waals surface area contributed by atoms with Crippen LogP contribution in [0.1, 0.15) is 5.56 Å². The molecule has 0 aliphatic rings. The normalized spacial score (nSPS) is 11.9. The van der Waals surface area contributed by atoms with E-state index in [1.807, 2.05) is 24.3 Å². The lowest BCUT2D eigenvalue weighted by Gasteiger charge is -2.09. The van der Waals surface area contributed by atoms with Crippen molar-refractivity contribution in [1.29, 1.82) is 0 Å². The number of esters is 1. The molecule has 5 heteroatoms. The van der Waals surface area contributed by atoms with E-state index in [0.29, 0.717) is 6.42 Å². The molecule has 0 aliphatic heterocycles. The standard InChI is InChI=1S/C10H14N2O2S/c1-14-10(13)9(11)6-7-2-4-8(12-15)5-3-7/h2-5,9,12,15H,6,11H2,1H3/t9-/m0/s1. The number of hydrogen-bond acceptors (Lipinski definition) is 5. The van der Waals surface area contributed by atoms with Crippen LogP contribution in [0.2, 0.25) is 0 Å². The number of thiol groups is 1. The Morgan fingerprint density at radius 3 is 2.60 bits per heavy atom. The first-order chi connectivity index (χ1) is 7.17. The van der Waals surface area contributed by atoms with Gasteiger partial charge >= 0.3 is 5.97 Å². The first kappa shape index (κ1) is 11.9. The Morgan fingerprint density at radius 1 is 1.53 bits per heavy atom. The topological polar surface area (TPSA) is 64.3 Å². The smallest absolute Gasteiger partial charge is 0.322 e. The Hall–Kier alpha value is -1.20. The largest absolute Gasteiger partial charge is 0.468 e. The van der Waals surface area contributed by atoms with Crippen LogP contribution in [0.5, 0.6) is 0 Å². The average molecular weight is 226 g/mol. The van der Waals surface area contributed by atoms with Crippen LogP contribution in [0.15, 0.2) is 24.3 Å². The molecule has 0 saturated heterocycles. The molecule has 0 spiro atoms. The number of methoxy groups -OCH3 is 1. The van der Waals surface area contributed by atoms with Crippen molar-refractivity contribution in [2.75, 3.05) is 11.8 Å². The molecule has 1 rings (SSSR count). The maximum absolute atomic E-state index is 11.1. The molecule has 1 aromatic carbocycles. The fraction of sp³-hybridized carbons (Fsp3) is 0.300. The zero-order valence-corrected chi connectivity index (χ0v) is 9.33. The van der Waals surface area contributed by atoms with Crippen molar-refractivity contribution in [1.82, 2.24) is 0 Å². The van der Waals surface area contributed by atoms with Gasteiger partial charge in [0.1, 0.15) is 6.04 Å². The van der Waals surface area contributed by atoms with E-state index < -0.39 is 12.0 Å². The van der Waals surface area contributed by atoms with Crippen LogP contribution in [0.3, 0.4) is 0 Å². The summed E-state index contributed by atoms with van der Waals surface area (Å²) in [5.41, 5.74) is 7.51. The molecule has 1 aromatic rings. The number of carbonyl (C=O) groups is 1. The molecule has 0 radical (unpaired) electrons. The van der Waals surface area contributed by atoms with Gasteiger partial charge in [-0.1, -0.05) is 24.9 Å². The second-order valence-corrected chi connectivity index (χ2v) is 3.37. The first-order valence-electron chi connectivity index (χ1n) is 4.50. The van der Waals surface area contributed by atoms with Crippen molar-refractivity contribution in [3.63, 3.8) is 0 Å². The van der Waals surface area contributed by atoms with Crippen molar-refractivity contribution in [2.45, 2.75) is 12.5 Å². The summed E-state index contributed by atoms with van der Waals surface area (Å²) >= 11 is 3.91. The van der Waals surface area contributed by atoms with Crippen molar-refractivity contribution < 1.29 is 9.53 Å². The number of anilines is 1. The van der Waals surface area contributed by atoms with Gasteiger partial charge in [0.05, 0.1) is 7.11 Å². The molecule has 0 aliphatic carbocycles. The second kappa shape index (κ2) is 5.63. The Morgan fingerprint density at radius 2 is 2.13 bits per heavy atom. The minimum atomic E-state index is -0.607. The molecular formula is C10H14N2O2S. The van der Waals surface area contributed by atoms with Gasteiger partial charge in [-0.3, -0.25) is 4.79 Å². The summed E-state index contributed by atoms with van der Waals surface area (Å²) in [4.78, 5) is 11.1. The Bertz CT molecular complexity index is 327. The third-order valence-corrected chi connectivity index (χ3v) is 2.30. The zero-order valence-electron chi connectivity index (χ0n) is 8.43. The monoisotopic (exact) mass is 226 g/mol. The van der Waals surface area contributed by atoms with Crippen LogP contribution < -0.4 is 10.5 Å². The average Bonchev–Trinajstić information content (AvgIpc) is 2.29. The van der Waals surface area contributed by atoms with Crippen LogP contribution in [-0.2, 0) is 16.0 Å². The van der Waals surface area contributed by atoms with Gasteiger partial charge in [-0.25, -0.2) is 0 Å². The van der Waals surface area contributed by atoms with E-state index in [1.165, 1.54) is 7.11 Å². The van der Waals surface area contributed by atoms with Crippen LogP contribution in [0.25, 0.3) is 0 Å². The molecule has 1 atom stereocenters. The van der Waals surface area contributed by atoms with E-state index in [-0.39, 0.29) is 0 Å². The summed E-state index contributed by atoms with van der Waals surface area (Å²) in [5, 5.41) is 0. The lowest BCUT2D eigenvalue weighted by atomic mass is 10.1. The van der Waals surface area contributed by atoms with Crippen molar-refractivity contribution >= 4 is 24.5 Å². The summed E-state index contributed by atoms with van der Waals surface area (Å²) < 4.78 is 7.25. The van der Waals surface area contributed by atoms with Gasteiger partial charge in [0.2, 0.25) is 0 Å². The van der Waals surface area contributed by atoms with E-state index in [0.717, 1.165) is 11.3 Å². The molecule has 4 nitrogen and oxygen atoms in total. The van der Waals surface area contributed by atoms with Crippen molar-refractivity contribution in [2.24, 2.45) is 5.73 Å². The van der Waals surface area contributed by atoms with Crippen LogP contribution >= 0.6 is 12.8 Å². The molecule has 0 bridgehead atoms. The lowest BCUT2D eigenvalue weighted by molar-refractivity contribution is -0.142. The SMILES string of the molecule is COC(=O)[C@@H](N)Cc1ccc(NS)cc1. The molecule has 15 heavy (non-hydrogen) atoms. The summed E-state index contributed by atoms with van der Waals surface area (Å²) in [5.74, 6) is -0.397. The number of nitrogens with one attached hydrogen (secondary N) is 1. The van der Waals surface area contributed by atoms with E-state index in [1.54, 1.807) is 0 Å². The van der Waals surface area contributed by atoms with Crippen molar-refractivity contribution in [3.8, 4) is 0 Å². The van der Waals surface area contributed by atoms with E-state index >= 15 is 0 Å². The summed E-state index contributed by atoms with van der Waals surface area (Å²) in [7, 11) is 1.33. The number of benzene rings is 1. The molecule has 0 amide bonds. The Kier molecular flexibility index (Phi) is 4.45. The minimum absolute atomic E-state index is 0.397. The molecule has 0 aromatic heterocycles. The highest BCUT2D eigenvalue weighted by atomic mass is 32.1. The van der Waals surface area contributed by atoms with Crippen LogP contribution in [0.4, 0.5) is 5.69 Å².